The van der Waals surface area contributed by atoms with Gasteiger partial charge in [-0.25, -0.2) is 0 Å². The van der Waals surface area contributed by atoms with Crippen LogP contribution in [0.1, 0.15) is 50.8 Å². The topological polar surface area (TPSA) is 161 Å². The number of carbonyl (C=O) groups excluding carboxylic acids is 1. The molecule has 3 aromatic rings. The average molecular weight is 665 g/mol. The average Bonchev–Trinajstić information content (AvgIpc) is 3.83. The number of benzene rings is 2. The predicted molar refractivity (Wildman–Crippen MR) is 156 cm³/mol. The largest absolute Gasteiger partial charge is 0.502 e. The number of cyclic esters (lactones) is 1. The number of methoxy groups -OCH3 is 2. The van der Waals surface area contributed by atoms with Gasteiger partial charge in [0.1, 0.15) is 24.4 Å². The molecule has 3 N–H and O–H groups in total. The summed E-state index contributed by atoms with van der Waals surface area (Å²) >= 11 is 1.38. The number of hydrogen-bond acceptors (Lipinski definition) is 14. The number of phenolic OH excluding ortho intramolecular Hbond substituents is 1. The molecule has 10 atom stereocenters. The summed E-state index contributed by atoms with van der Waals surface area (Å²) in [7, 11) is -6.25. The molecule has 3 fully saturated rings. The summed E-state index contributed by atoms with van der Waals surface area (Å²) in [4.78, 5) is 14.5. The second-order valence-electron chi connectivity index (χ2n) is 11.3. The summed E-state index contributed by atoms with van der Waals surface area (Å²) < 4.78 is 114. The molecule has 8 rings (SSSR count). The van der Waals surface area contributed by atoms with Crippen molar-refractivity contribution in [1.82, 2.24) is 0 Å². The van der Waals surface area contributed by atoms with Crippen LogP contribution >= 0.6 is 11.3 Å². The van der Waals surface area contributed by atoms with Gasteiger partial charge in [0.15, 0.2) is 35.6 Å². The van der Waals surface area contributed by atoms with E-state index in [4.69, 9.17) is 53.6 Å². The quantitative estimate of drug-likeness (QED) is 0.331. The van der Waals surface area contributed by atoms with Crippen LogP contribution in [0.2, 0.25) is 0 Å². The lowest BCUT2D eigenvalue weighted by atomic mass is 9.66. The molecule has 0 spiro atoms. The normalized spacial score (nSPS) is 38.5. The van der Waals surface area contributed by atoms with Gasteiger partial charge in [0.05, 0.1) is 55.1 Å². The van der Waals surface area contributed by atoms with Gasteiger partial charge in [0, 0.05) is 11.8 Å². The molecule has 3 saturated heterocycles. The number of carbonyl (C=O) groups is 1. The lowest BCUT2D eigenvalue weighted by molar-refractivity contribution is -0.368. The number of aliphatic hydroxyl groups excluding tert-OH is 2. The Labute approximate surface area is 278 Å². The Hall–Kier alpha value is -3.63. The molecule has 0 amide bonds. The van der Waals surface area contributed by atoms with Crippen LogP contribution in [-0.4, -0.2) is 86.0 Å². The van der Waals surface area contributed by atoms with Crippen molar-refractivity contribution in [2.45, 2.75) is 49.0 Å². The van der Waals surface area contributed by atoms with Crippen LogP contribution in [0.4, 0.5) is 0 Å². The Bertz CT molecular complexity index is 1890. The minimum atomic E-state index is -3.13. The third-order valence-electron chi connectivity index (χ3n) is 8.89. The number of esters is 1. The zero-order chi connectivity index (χ0) is 38.5. The summed E-state index contributed by atoms with van der Waals surface area (Å²) in [5.41, 5.74) is 0.398. The summed E-state index contributed by atoms with van der Waals surface area (Å²) in [6.45, 7) is -2.99. The molecule has 2 aromatic carbocycles. The van der Waals surface area contributed by atoms with Crippen LogP contribution in [0.5, 0.6) is 28.7 Å². The molecule has 1 aliphatic carbocycles. The highest BCUT2D eigenvalue weighted by Crippen LogP contribution is 2.57. The van der Waals surface area contributed by atoms with E-state index < -0.39 is 105 Å². The van der Waals surface area contributed by atoms with E-state index >= 15 is 0 Å². The lowest BCUT2D eigenvalue weighted by Gasteiger charge is -2.48. The van der Waals surface area contributed by atoms with Crippen LogP contribution in [0.15, 0.2) is 41.8 Å². The molecule has 244 valence electrons. The van der Waals surface area contributed by atoms with Crippen LogP contribution in [-0.2, 0) is 28.5 Å². The van der Waals surface area contributed by atoms with Gasteiger partial charge < -0.3 is 58.0 Å². The fourth-order valence-corrected chi connectivity index (χ4v) is 7.48. The van der Waals surface area contributed by atoms with Crippen LogP contribution in [0.3, 0.4) is 0 Å². The third kappa shape index (κ3) is 4.70. The maximum atomic E-state index is 13.8. The van der Waals surface area contributed by atoms with Crippen molar-refractivity contribution in [3.05, 3.63) is 63.3 Å². The highest BCUT2D eigenvalue weighted by Gasteiger charge is 2.56. The molecule has 13 nitrogen and oxygen atoms in total. The fraction of sp³-hybridized carbons (Fsp3) is 0.469. The number of aromatic hydroxyl groups is 1. The smallest absolute Gasteiger partial charge is 0.310 e. The first-order chi connectivity index (χ1) is 25.4. The van der Waals surface area contributed by atoms with E-state index in [-0.39, 0.29) is 41.6 Å². The van der Waals surface area contributed by atoms with Gasteiger partial charge in [-0.1, -0.05) is 6.07 Å². The maximum Gasteiger partial charge on any atom is 0.310 e. The summed E-state index contributed by atoms with van der Waals surface area (Å²) in [5, 5.41) is 35.3. The molecular weight excluding hydrogens is 624 g/mol. The molecule has 0 unspecified atom stereocenters. The van der Waals surface area contributed by atoms with Crippen molar-refractivity contribution in [1.29, 1.82) is 0 Å². The molecule has 14 heteroatoms. The van der Waals surface area contributed by atoms with Gasteiger partial charge in [0.25, 0.3) is 0 Å². The van der Waals surface area contributed by atoms with Crippen LogP contribution in [0.25, 0.3) is 0 Å². The van der Waals surface area contributed by atoms with Gasteiger partial charge >= 0.3 is 5.97 Å². The van der Waals surface area contributed by atoms with E-state index in [1.807, 2.05) is 11.4 Å². The molecule has 1 aromatic heterocycles. The number of rotatable bonds is 6. The number of thiophene rings is 1. The number of ether oxygens (including phenoxy) is 9. The van der Waals surface area contributed by atoms with E-state index in [1.165, 1.54) is 23.5 Å². The van der Waals surface area contributed by atoms with Gasteiger partial charge in [0.2, 0.25) is 12.5 Å². The van der Waals surface area contributed by atoms with Crippen molar-refractivity contribution in [3.8, 4) is 28.7 Å². The van der Waals surface area contributed by atoms with E-state index in [0.717, 1.165) is 17.0 Å². The highest BCUT2D eigenvalue weighted by molar-refractivity contribution is 7.10. The minimum absolute atomic E-state index is 0.0291. The van der Waals surface area contributed by atoms with Gasteiger partial charge in [-0.3, -0.25) is 4.79 Å². The third-order valence-corrected chi connectivity index (χ3v) is 9.78. The van der Waals surface area contributed by atoms with Crippen molar-refractivity contribution in [2.24, 2.45) is 11.8 Å². The fourth-order valence-electron chi connectivity index (χ4n) is 6.77. The second-order valence-corrected chi connectivity index (χ2v) is 12.3. The monoisotopic (exact) mass is 664 g/mol. The number of phenols is 1. The minimum Gasteiger partial charge on any atom is -0.502 e. The molecule has 46 heavy (non-hydrogen) atoms. The number of fused-ring (bicyclic) bond motifs is 4. The van der Waals surface area contributed by atoms with E-state index in [2.05, 4.69) is 0 Å². The molecule has 0 radical (unpaired) electrons. The Balaban J connectivity index is 1.22. The van der Waals surface area contributed by atoms with Crippen molar-refractivity contribution >= 4 is 17.3 Å². The molecule has 0 bridgehead atoms. The summed E-state index contributed by atoms with van der Waals surface area (Å²) in [6.07, 6.45) is -9.12. The lowest BCUT2D eigenvalue weighted by Crippen LogP contribution is -2.62. The zero-order valence-electron chi connectivity index (χ0n) is 31.6. The van der Waals surface area contributed by atoms with Crippen molar-refractivity contribution in [2.75, 3.05) is 34.0 Å². The molecule has 5 aliphatic rings. The van der Waals surface area contributed by atoms with Crippen molar-refractivity contribution in [3.63, 3.8) is 0 Å². The first kappa shape index (κ1) is 22.0. The van der Waals surface area contributed by atoms with Crippen LogP contribution < -0.4 is 18.9 Å². The predicted octanol–water partition coefficient (Wildman–Crippen LogP) is 2.75. The van der Waals surface area contributed by atoms with Gasteiger partial charge in [-0.15, -0.1) is 11.3 Å². The standard InChI is InChI=1S/C32H32O13S/c1-37-19-6-13(7-20(38-2)25(19)33)23-14-8-17-18(42-12-41-17)9-15(14)28(16-10-39-30(36)24(16)23)44-32-27(35)26(34)29-21(43-32)11-40-31(45-29)22-4-3-5-46-22/h3-9,16,21,23-24,26-29,31-35H,10-12H2,1-2H3/t16-,21+,23+,24-,26+,27+,28+,29+,31+,32-/m0/s1/i1D3,2D3,10D2. The highest BCUT2D eigenvalue weighted by atomic mass is 32.1. The summed E-state index contributed by atoms with van der Waals surface area (Å²) in [5.74, 6) is -7.25. The summed E-state index contributed by atoms with van der Waals surface area (Å²) in [6, 6.07) is 8.73. The Morgan fingerprint density at radius 2 is 1.76 bits per heavy atom. The number of hydrogen-bond donors (Lipinski definition) is 3. The second kappa shape index (κ2) is 11.6. The van der Waals surface area contributed by atoms with Crippen LogP contribution in [0, 0.1) is 11.8 Å². The van der Waals surface area contributed by atoms with E-state index in [1.54, 1.807) is 6.07 Å². The Morgan fingerprint density at radius 3 is 2.48 bits per heavy atom. The number of aliphatic hydroxyl groups is 2. The Kier molecular flexibility index (Phi) is 5.54. The molecule has 5 heterocycles. The van der Waals surface area contributed by atoms with Crippen molar-refractivity contribution < 1.29 is 73.7 Å². The first-order valence-electron chi connectivity index (χ1n) is 18.3. The molecular formula is C32H32O13S. The maximum absolute atomic E-state index is 13.8. The first-order valence-corrected chi connectivity index (χ1v) is 15.2. The Morgan fingerprint density at radius 1 is 1.00 bits per heavy atom. The van der Waals surface area contributed by atoms with E-state index in [0.29, 0.717) is 0 Å². The van der Waals surface area contributed by atoms with Gasteiger partial charge in [-0.05, 0) is 52.4 Å². The molecule has 4 aliphatic heterocycles. The SMILES string of the molecule is [2H]C([2H])([2H])Oc1cc([C@@H]2c3cc4c(cc3[C@@H](O[C@@H]3O[C@@H]5CO[C@@H](c6cccs6)O[C@H]5[C@H](O)[C@H]3O)[C@@H]3[C@@H]2C(=O)OC3([2H])[2H])OCO4)cc(OC([2H])([2H])[2H])c1O. The van der Waals surface area contributed by atoms with Gasteiger partial charge in [-0.2, -0.15) is 0 Å². The van der Waals surface area contributed by atoms with E-state index in [9.17, 15) is 20.1 Å². The molecule has 0 saturated carbocycles. The zero-order valence-corrected chi connectivity index (χ0v) is 24.4.